The van der Waals surface area contributed by atoms with Gasteiger partial charge in [0.15, 0.2) is 0 Å². The van der Waals surface area contributed by atoms with E-state index in [2.05, 4.69) is 19.2 Å². The second-order valence-corrected chi connectivity index (χ2v) is 4.50. The quantitative estimate of drug-likeness (QED) is 0.770. The van der Waals surface area contributed by atoms with Crippen LogP contribution in [0.5, 0.6) is 0 Å². The summed E-state index contributed by atoms with van der Waals surface area (Å²) in [4.78, 5) is 12.0. The molecule has 0 bridgehead atoms. The van der Waals surface area contributed by atoms with E-state index in [1.807, 2.05) is 19.1 Å². The number of anilines is 1. The van der Waals surface area contributed by atoms with Gasteiger partial charge in [0.2, 0.25) is 0 Å². The maximum absolute atomic E-state index is 12.0. The number of rotatable bonds is 5. The first-order valence-corrected chi connectivity index (χ1v) is 6.24. The number of carbonyl (C=O) groups is 1. The van der Waals surface area contributed by atoms with E-state index in [0.29, 0.717) is 11.3 Å². The molecule has 1 amide bonds. The number of benzene rings is 1. The monoisotopic (exact) mass is 234 g/mol. The molecule has 1 rings (SSSR count). The average molecular weight is 234 g/mol. The van der Waals surface area contributed by atoms with Crippen LogP contribution in [0.15, 0.2) is 18.2 Å². The highest BCUT2D eigenvalue weighted by Gasteiger charge is 2.11. The Labute approximate surface area is 103 Å². The van der Waals surface area contributed by atoms with Crippen molar-refractivity contribution in [2.24, 2.45) is 0 Å². The van der Waals surface area contributed by atoms with Crippen LogP contribution < -0.4 is 11.1 Å². The van der Waals surface area contributed by atoms with Crippen LogP contribution in [0.2, 0.25) is 0 Å². The topological polar surface area (TPSA) is 55.1 Å². The fraction of sp³-hybridized carbons (Fsp3) is 0.500. The number of amides is 1. The van der Waals surface area contributed by atoms with Crippen molar-refractivity contribution >= 4 is 11.6 Å². The Morgan fingerprint density at radius 1 is 1.35 bits per heavy atom. The summed E-state index contributed by atoms with van der Waals surface area (Å²) in [6, 6.07) is 5.71. The number of aryl methyl sites for hydroxylation is 1. The van der Waals surface area contributed by atoms with Crippen LogP contribution in [0.25, 0.3) is 0 Å². The molecule has 1 atom stereocenters. The smallest absolute Gasteiger partial charge is 0.251 e. The number of nitrogens with one attached hydrogen (secondary N) is 1. The van der Waals surface area contributed by atoms with Crippen molar-refractivity contribution in [2.75, 3.05) is 5.73 Å². The van der Waals surface area contributed by atoms with Gasteiger partial charge in [-0.25, -0.2) is 0 Å². The molecule has 0 aliphatic carbocycles. The lowest BCUT2D eigenvalue weighted by molar-refractivity contribution is 0.0933. The molecular weight excluding hydrogens is 212 g/mol. The fourth-order valence-corrected chi connectivity index (χ4v) is 1.94. The highest BCUT2D eigenvalue weighted by atomic mass is 16.1. The molecule has 0 aliphatic rings. The van der Waals surface area contributed by atoms with Gasteiger partial charge in [-0.15, -0.1) is 0 Å². The lowest BCUT2D eigenvalue weighted by Gasteiger charge is -2.16. The predicted molar refractivity (Wildman–Crippen MR) is 72.0 cm³/mol. The number of hydrogen-bond donors (Lipinski definition) is 2. The van der Waals surface area contributed by atoms with Crippen molar-refractivity contribution < 1.29 is 4.79 Å². The highest BCUT2D eigenvalue weighted by molar-refractivity contribution is 5.95. The number of hydrogen-bond acceptors (Lipinski definition) is 2. The third kappa shape index (κ3) is 4.10. The molecule has 0 saturated heterocycles. The van der Waals surface area contributed by atoms with E-state index in [0.717, 1.165) is 24.8 Å². The number of nitrogens with two attached hydrogens (primary N) is 1. The summed E-state index contributed by atoms with van der Waals surface area (Å²) in [5, 5.41) is 3.04. The first-order valence-electron chi connectivity index (χ1n) is 6.24. The van der Waals surface area contributed by atoms with Gasteiger partial charge in [-0.1, -0.05) is 20.3 Å². The Morgan fingerprint density at radius 3 is 2.59 bits per heavy atom. The summed E-state index contributed by atoms with van der Waals surface area (Å²) in [5.74, 6) is -0.0271. The van der Waals surface area contributed by atoms with Crippen molar-refractivity contribution in [3.05, 3.63) is 29.3 Å². The summed E-state index contributed by atoms with van der Waals surface area (Å²) < 4.78 is 0. The SMILES string of the molecule is CCCC(CC)NC(=O)c1cc(C)cc(N)c1. The molecule has 0 saturated carbocycles. The highest BCUT2D eigenvalue weighted by Crippen LogP contribution is 2.12. The zero-order chi connectivity index (χ0) is 12.8. The molecule has 17 heavy (non-hydrogen) atoms. The van der Waals surface area contributed by atoms with Crippen LogP contribution in [0.1, 0.15) is 49.0 Å². The summed E-state index contributed by atoms with van der Waals surface area (Å²) in [6.45, 7) is 6.15. The second-order valence-electron chi connectivity index (χ2n) is 4.50. The standard InChI is InChI=1S/C14H22N2O/c1-4-6-13(5-2)16-14(17)11-7-10(3)8-12(15)9-11/h7-9,13H,4-6,15H2,1-3H3,(H,16,17). The molecule has 94 valence electrons. The minimum absolute atomic E-state index is 0.0271. The average Bonchev–Trinajstić information content (AvgIpc) is 2.27. The number of carbonyl (C=O) groups excluding carboxylic acids is 1. The molecule has 1 aromatic carbocycles. The Hall–Kier alpha value is -1.51. The molecule has 1 aromatic rings. The van der Waals surface area contributed by atoms with Crippen molar-refractivity contribution in [3.63, 3.8) is 0 Å². The Kier molecular flexibility index (Phi) is 5.01. The Morgan fingerprint density at radius 2 is 2.06 bits per heavy atom. The Bertz CT molecular complexity index is 368. The molecule has 0 aromatic heterocycles. The van der Waals surface area contributed by atoms with Crippen LogP contribution >= 0.6 is 0 Å². The van der Waals surface area contributed by atoms with Crippen molar-refractivity contribution in [1.82, 2.24) is 5.32 Å². The molecule has 0 radical (unpaired) electrons. The maximum atomic E-state index is 12.0. The molecule has 0 aliphatic heterocycles. The summed E-state index contributed by atoms with van der Waals surface area (Å²) in [7, 11) is 0. The molecule has 0 fully saturated rings. The first kappa shape index (κ1) is 13.6. The largest absolute Gasteiger partial charge is 0.399 e. The van der Waals surface area contributed by atoms with Crippen LogP contribution in [-0.2, 0) is 0 Å². The summed E-state index contributed by atoms with van der Waals surface area (Å²) in [6.07, 6.45) is 3.05. The van der Waals surface area contributed by atoms with Crippen molar-refractivity contribution in [3.8, 4) is 0 Å². The normalized spacial score (nSPS) is 12.2. The van der Waals surface area contributed by atoms with Crippen LogP contribution in [0.4, 0.5) is 5.69 Å². The van der Waals surface area contributed by atoms with Crippen LogP contribution in [0, 0.1) is 6.92 Å². The minimum Gasteiger partial charge on any atom is -0.399 e. The molecule has 3 heteroatoms. The van der Waals surface area contributed by atoms with Gasteiger partial charge in [0.25, 0.3) is 5.91 Å². The van der Waals surface area contributed by atoms with E-state index < -0.39 is 0 Å². The van der Waals surface area contributed by atoms with Gasteiger partial charge in [0.1, 0.15) is 0 Å². The van der Waals surface area contributed by atoms with E-state index in [1.54, 1.807) is 6.07 Å². The molecule has 1 unspecified atom stereocenters. The van der Waals surface area contributed by atoms with Gasteiger partial charge in [0, 0.05) is 17.3 Å². The molecule has 3 nitrogen and oxygen atoms in total. The molecule has 3 N–H and O–H groups in total. The second kappa shape index (κ2) is 6.28. The van der Waals surface area contributed by atoms with Gasteiger partial charge < -0.3 is 11.1 Å². The van der Waals surface area contributed by atoms with E-state index in [1.165, 1.54) is 0 Å². The zero-order valence-corrected chi connectivity index (χ0v) is 10.9. The minimum atomic E-state index is -0.0271. The molecule has 0 spiro atoms. The maximum Gasteiger partial charge on any atom is 0.251 e. The third-order valence-corrected chi connectivity index (χ3v) is 2.83. The van der Waals surface area contributed by atoms with Crippen molar-refractivity contribution in [1.29, 1.82) is 0 Å². The molecule has 0 heterocycles. The molecular formula is C14H22N2O. The third-order valence-electron chi connectivity index (χ3n) is 2.83. The van der Waals surface area contributed by atoms with E-state index in [9.17, 15) is 4.79 Å². The van der Waals surface area contributed by atoms with Gasteiger partial charge >= 0.3 is 0 Å². The van der Waals surface area contributed by atoms with E-state index in [-0.39, 0.29) is 11.9 Å². The lowest BCUT2D eigenvalue weighted by atomic mass is 10.1. The number of nitrogen functional groups attached to an aromatic ring is 1. The van der Waals surface area contributed by atoms with Gasteiger partial charge in [-0.2, -0.15) is 0 Å². The predicted octanol–water partition coefficient (Wildman–Crippen LogP) is 2.89. The fourth-order valence-electron chi connectivity index (χ4n) is 1.94. The van der Waals surface area contributed by atoms with E-state index in [4.69, 9.17) is 5.73 Å². The zero-order valence-electron chi connectivity index (χ0n) is 10.9. The lowest BCUT2D eigenvalue weighted by Crippen LogP contribution is -2.34. The van der Waals surface area contributed by atoms with E-state index >= 15 is 0 Å². The summed E-state index contributed by atoms with van der Waals surface area (Å²) in [5.41, 5.74) is 8.04. The van der Waals surface area contributed by atoms with Crippen LogP contribution in [-0.4, -0.2) is 11.9 Å². The van der Waals surface area contributed by atoms with Gasteiger partial charge in [0.05, 0.1) is 0 Å². The Balaban J connectivity index is 2.75. The first-order chi connectivity index (χ1) is 8.06. The summed E-state index contributed by atoms with van der Waals surface area (Å²) >= 11 is 0. The van der Waals surface area contributed by atoms with Gasteiger partial charge in [-0.05, 0) is 43.5 Å². The van der Waals surface area contributed by atoms with Crippen LogP contribution in [0.3, 0.4) is 0 Å². The van der Waals surface area contributed by atoms with Crippen molar-refractivity contribution in [2.45, 2.75) is 46.1 Å². The van der Waals surface area contributed by atoms with Gasteiger partial charge in [-0.3, -0.25) is 4.79 Å².